The summed E-state index contributed by atoms with van der Waals surface area (Å²) < 4.78 is 5.41. The molecule has 6 nitrogen and oxygen atoms in total. The van der Waals surface area contributed by atoms with Crippen LogP contribution in [0.15, 0.2) is 103 Å². The summed E-state index contributed by atoms with van der Waals surface area (Å²) in [6.07, 6.45) is 3.81. The van der Waals surface area contributed by atoms with Crippen molar-refractivity contribution in [2.45, 2.75) is 17.5 Å². The van der Waals surface area contributed by atoms with Crippen LogP contribution in [0.25, 0.3) is 6.08 Å². The van der Waals surface area contributed by atoms with Crippen LogP contribution < -0.4 is 10.1 Å². The summed E-state index contributed by atoms with van der Waals surface area (Å²) in [5.74, 6) is -1.38. The maximum absolute atomic E-state index is 14.7. The highest BCUT2D eigenvalue weighted by Crippen LogP contribution is 2.62. The molecule has 4 atom stereocenters. The fourth-order valence-corrected chi connectivity index (χ4v) is 7.03. The quantitative estimate of drug-likeness (QED) is 0.289. The molecule has 41 heavy (non-hydrogen) atoms. The third-order valence-electron chi connectivity index (χ3n) is 8.60. The van der Waals surface area contributed by atoms with Crippen LogP contribution in [0.3, 0.4) is 0 Å². The van der Waals surface area contributed by atoms with Crippen molar-refractivity contribution >= 4 is 40.8 Å². The second-order valence-electron chi connectivity index (χ2n) is 10.6. The molecule has 4 aromatic carbocycles. The van der Waals surface area contributed by atoms with Crippen LogP contribution in [0.2, 0.25) is 5.02 Å². The Hall–Kier alpha value is -4.68. The van der Waals surface area contributed by atoms with Gasteiger partial charge in [0.05, 0.1) is 19.1 Å². The van der Waals surface area contributed by atoms with E-state index in [1.165, 1.54) is 0 Å². The SMILES string of the molecule is COc1cccc(C(=O)C2C(C(=O)c3ccc(Cl)cc3)C3(C(=O)Nc4ccccc43)C3c4ccccc4C=CN23)c1. The number of carbonyl (C=O) groups excluding carboxylic acids is 3. The molecule has 1 fully saturated rings. The number of halogens is 1. The Morgan fingerprint density at radius 3 is 2.44 bits per heavy atom. The van der Waals surface area contributed by atoms with Crippen LogP contribution >= 0.6 is 11.6 Å². The number of para-hydroxylation sites is 1. The van der Waals surface area contributed by atoms with Gasteiger partial charge < -0.3 is 15.0 Å². The smallest absolute Gasteiger partial charge is 0.238 e. The molecule has 1 saturated heterocycles. The summed E-state index contributed by atoms with van der Waals surface area (Å²) >= 11 is 6.17. The minimum atomic E-state index is -1.38. The lowest BCUT2D eigenvalue weighted by molar-refractivity contribution is -0.122. The number of ketones is 2. The van der Waals surface area contributed by atoms with Crippen LogP contribution in [0.1, 0.15) is 43.4 Å². The summed E-state index contributed by atoms with van der Waals surface area (Å²) in [6, 6.07) is 27.3. The van der Waals surface area contributed by atoms with E-state index in [4.69, 9.17) is 16.3 Å². The van der Waals surface area contributed by atoms with Crippen LogP contribution in [-0.2, 0) is 10.2 Å². The summed E-state index contributed by atoms with van der Waals surface area (Å²) in [5.41, 5.74) is 2.59. The average Bonchev–Trinajstić information content (AvgIpc) is 3.49. The molecule has 7 heteroatoms. The van der Waals surface area contributed by atoms with Gasteiger partial charge in [0, 0.05) is 28.0 Å². The number of benzene rings is 4. The molecule has 4 aromatic rings. The third kappa shape index (κ3) is 3.60. The van der Waals surface area contributed by atoms with Crippen LogP contribution in [-0.4, -0.2) is 35.5 Å². The fourth-order valence-electron chi connectivity index (χ4n) is 6.91. The van der Waals surface area contributed by atoms with Gasteiger partial charge in [0.1, 0.15) is 17.2 Å². The predicted molar refractivity (Wildman–Crippen MR) is 157 cm³/mol. The number of carbonyl (C=O) groups is 3. The van der Waals surface area contributed by atoms with Crippen molar-refractivity contribution in [1.29, 1.82) is 0 Å². The second kappa shape index (κ2) is 9.46. The number of hydrogen-bond acceptors (Lipinski definition) is 5. The Kier molecular flexibility index (Phi) is 5.84. The Balaban J connectivity index is 1.53. The van der Waals surface area contributed by atoms with Crippen molar-refractivity contribution in [1.82, 2.24) is 4.90 Å². The van der Waals surface area contributed by atoms with Crippen molar-refractivity contribution in [3.05, 3.63) is 136 Å². The Labute approximate surface area is 242 Å². The number of methoxy groups -OCH3 is 1. The zero-order valence-corrected chi connectivity index (χ0v) is 22.8. The van der Waals surface area contributed by atoms with E-state index in [2.05, 4.69) is 5.32 Å². The normalized spacial score (nSPS) is 23.5. The van der Waals surface area contributed by atoms with E-state index in [0.717, 1.165) is 11.1 Å². The number of hydrogen-bond donors (Lipinski definition) is 1. The molecule has 0 aromatic heterocycles. The van der Waals surface area contributed by atoms with Crippen molar-refractivity contribution in [2.75, 3.05) is 12.4 Å². The third-order valence-corrected chi connectivity index (χ3v) is 8.86. The van der Waals surface area contributed by atoms with Gasteiger partial charge in [0.15, 0.2) is 11.6 Å². The average molecular weight is 561 g/mol. The number of fused-ring (bicyclic) bond motifs is 6. The summed E-state index contributed by atoms with van der Waals surface area (Å²) in [7, 11) is 1.54. The Morgan fingerprint density at radius 1 is 0.878 bits per heavy atom. The van der Waals surface area contributed by atoms with Gasteiger partial charge in [-0.2, -0.15) is 0 Å². The van der Waals surface area contributed by atoms with Crippen molar-refractivity contribution in [3.63, 3.8) is 0 Å². The number of rotatable bonds is 5. The maximum Gasteiger partial charge on any atom is 0.238 e. The van der Waals surface area contributed by atoms with Gasteiger partial charge in [-0.05, 0) is 65.2 Å². The van der Waals surface area contributed by atoms with Crippen molar-refractivity contribution < 1.29 is 19.1 Å². The van der Waals surface area contributed by atoms with Gasteiger partial charge in [-0.25, -0.2) is 0 Å². The van der Waals surface area contributed by atoms with Crippen molar-refractivity contribution in [3.8, 4) is 5.75 Å². The van der Waals surface area contributed by atoms with Gasteiger partial charge in [-0.15, -0.1) is 0 Å². The molecule has 0 saturated carbocycles. The van der Waals surface area contributed by atoms with Crippen LogP contribution in [0, 0.1) is 5.92 Å². The number of Topliss-reactive ketones (excluding diaryl/α,β-unsaturated/α-hetero) is 2. The zero-order chi connectivity index (χ0) is 28.3. The predicted octanol–water partition coefficient (Wildman–Crippen LogP) is 6.33. The Morgan fingerprint density at radius 2 is 1.63 bits per heavy atom. The molecule has 0 aliphatic carbocycles. The molecule has 1 amide bonds. The fraction of sp³-hybridized carbons (Fsp3) is 0.147. The standard InChI is InChI=1S/C34H25ClN2O4/c1-41-24-9-6-8-22(19-24)31(39)29-28(30(38)21-13-15-23(35)16-14-21)34(26-11-4-5-12-27(26)36-33(34)40)32-25-10-3-2-7-20(25)17-18-37(29)32/h2-19,28-29,32H,1H3,(H,36,40). The molecule has 1 N–H and O–H groups in total. The molecule has 0 radical (unpaired) electrons. The molecule has 0 bridgehead atoms. The molecule has 3 heterocycles. The van der Waals surface area contributed by atoms with E-state index in [1.807, 2.05) is 65.7 Å². The molecular formula is C34H25ClN2O4. The lowest BCUT2D eigenvalue weighted by Crippen LogP contribution is -2.49. The van der Waals surface area contributed by atoms with Crippen LogP contribution in [0.4, 0.5) is 5.69 Å². The van der Waals surface area contributed by atoms with Gasteiger partial charge in [-0.1, -0.05) is 66.2 Å². The molecule has 7 rings (SSSR count). The van der Waals surface area contributed by atoms with Gasteiger partial charge in [0.25, 0.3) is 0 Å². The monoisotopic (exact) mass is 560 g/mol. The van der Waals surface area contributed by atoms with E-state index >= 15 is 0 Å². The summed E-state index contributed by atoms with van der Waals surface area (Å²) in [6.45, 7) is 0. The Bertz CT molecular complexity index is 1760. The molecule has 4 unspecified atom stereocenters. The first-order chi connectivity index (χ1) is 19.9. The van der Waals surface area contributed by atoms with E-state index in [9.17, 15) is 14.4 Å². The largest absolute Gasteiger partial charge is 0.497 e. The van der Waals surface area contributed by atoms with Gasteiger partial charge in [0.2, 0.25) is 5.91 Å². The van der Waals surface area contributed by atoms with Crippen LogP contribution in [0.5, 0.6) is 5.75 Å². The van der Waals surface area contributed by atoms with Crippen molar-refractivity contribution in [2.24, 2.45) is 5.92 Å². The lowest BCUT2D eigenvalue weighted by Gasteiger charge is -2.38. The molecule has 202 valence electrons. The highest BCUT2D eigenvalue weighted by atomic mass is 35.5. The van der Waals surface area contributed by atoms with Gasteiger partial charge >= 0.3 is 0 Å². The first-order valence-electron chi connectivity index (χ1n) is 13.4. The number of anilines is 1. The highest BCUT2D eigenvalue weighted by Gasteiger charge is 2.70. The highest BCUT2D eigenvalue weighted by molar-refractivity contribution is 6.30. The molecule has 3 aliphatic rings. The maximum atomic E-state index is 14.7. The minimum Gasteiger partial charge on any atom is -0.497 e. The second-order valence-corrected chi connectivity index (χ2v) is 11.0. The van der Waals surface area contributed by atoms with E-state index < -0.39 is 23.4 Å². The summed E-state index contributed by atoms with van der Waals surface area (Å²) in [5, 5.41) is 3.55. The first-order valence-corrected chi connectivity index (χ1v) is 13.8. The number of nitrogens with one attached hydrogen (secondary N) is 1. The first kappa shape index (κ1) is 25.3. The van der Waals surface area contributed by atoms with Gasteiger partial charge in [-0.3, -0.25) is 14.4 Å². The van der Waals surface area contributed by atoms with E-state index in [1.54, 1.807) is 55.6 Å². The lowest BCUT2D eigenvalue weighted by atomic mass is 9.62. The molecule has 3 aliphatic heterocycles. The minimum absolute atomic E-state index is 0.265. The van der Waals surface area contributed by atoms with E-state index in [0.29, 0.717) is 33.1 Å². The number of amides is 1. The zero-order valence-electron chi connectivity index (χ0n) is 22.1. The topological polar surface area (TPSA) is 75.7 Å². The number of ether oxygens (including phenoxy) is 1. The molecular weight excluding hydrogens is 536 g/mol. The summed E-state index contributed by atoms with van der Waals surface area (Å²) in [4.78, 5) is 45.7. The number of nitrogens with zero attached hydrogens (tertiary/aromatic N) is 1. The molecule has 1 spiro atoms. The van der Waals surface area contributed by atoms with E-state index in [-0.39, 0.29) is 17.5 Å².